The summed E-state index contributed by atoms with van der Waals surface area (Å²) < 4.78 is 39.3. The van der Waals surface area contributed by atoms with Gasteiger partial charge in [0.05, 0.1) is 0 Å². The number of hydrogen-bond acceptors (Lipinski definition) is 2. The molecule has 0 aliphatic heterocycles. The van der Waals surface area contributed by atoms with Gasteiger partial charge in [0.15, 0.2) is 17.5 Å². The van der Waals surface area contributed by atoms with Gasteiger partial charge in [0.2, 0.25) is 0 Å². The number of amides is 1. The van der Waals surface area contributed by atoms with Gasteiger partial charge in [-0.3, -0.25) is 4.79 Å². The molecule has 1 aromatic carbocycles. The molecule has 1 aliphatic rings. The van der Waals surface area contributed by atoms with Crippen LogP contribution in [0.2, 0.25) is 0 Å². The highest BCUT2D eigenvalue weighted by atomic mass is 19.2. The van der Waals surface area contributed by atoms with E-state index >= 15 is 0 Å². The molecule has 2 rings (SSSR count). The molecule has 0 aromatic heterocycles. The minimum atomic E-state index is -1.56. The molecule has 0 heterocycles. The third-order valence-electron chi connectivity index (χ3n) is 3.61. The van der Waals surface area contributed by atoms with Crippen molar-refractivity contribution in [1.82, 2.24) is 4.90 Å². The van der Waals surface area contributed by atoms with Crippen LogP contribution in [-0.2, 0) is 0 Å². The van der Waals surface area contributed by atoms with Crippen molar-refractivity contribution in [3.05, 3.63) is 35.1 Å². The normalized spacial score (nSPS) is 15.0. The van der Waals surface area contributed by atoms with Crippen LogP contribution >= 0.6 is 0 Å². The van der Waals surface area contributed by atoms with Crippen LogP contribution in [0.1, 0.15) is 36.0 Å². The van der Waals surface area contributed by atoms with Gasteiger partial charge in [-0.05, 0) is 44.4 Å². The molecule has 1 fully saturated rings. The predicted molar refractivity (Wildman–Crippen MR) is 68.7 cm³/mol. The summed E-state index contributed by atoms with van der Waals surface area (Å²) in [5.41, 5.74) is 5.27. The minimum Gasteiger partial charge on any atom is -0.336 e. The average Bonchev–Trinajstić information content (AvgIpc) is 2.37. The van der Waals surface area contributed by atoms with Crippen LogP contribution in [0.3, 0.4) is 0 Å². The Balaban J connectivity index is 2.22. The van der Waals surface area contributed by atoms with Crippen LogP contribution in [0.25, 0.3) is 0 Å². The van der Waals surface area contributed by atoms with E-state index < -0.39 is 23.4 Å². The number of benzene rings is 1. The number of nitrogens with zero attached hydrogens (tertiary/aromatic N) is 1. The third kappa shape index (κ3) is 2.95. The van der Waals surface area contributed by atoms with E-state index in [4.69, 9.17) is 5.73 Å². The highest BCUT2D eigenvalue weighted by Crippen LogP contribution is 2.27. The van der Waals surface area contributed by atoms with Gasteiger partial charge in [-0.2, -0.15) is 0 Å². The Morgan fingerprint density at radius 1 is 1.25 bits per heavy atom. The van der Waals surface area contributed by atoms with Crippen molar-refractivity contribution in [3.63, 3.8) is 0 Å². The second kappa shape index (κ2) is 6.26. The molecule has 0 unspecified atom stereocenters. The van der Waals surface area contributed by atoms with E-state index in [9.17, 15) is 18.0 Å². The maximum absolute atomic E-state index is 13.2. The Morgan fingerprint density at radius 3 is 2.30 bits per heavy atom. The lowest BCUT2D eigenvalue weighted by molar-refractivity contribution is 0.0577. The molecule has 6 heteroatoms. The van der Waals surface area contributed by atoms with Gasteiger partial charge in [0.1, 0.15) is 0 Å². The highest BCUT2D eigenvalue weighted by molar-refractivity contribution is 5.94. The Morgan fingerprint density at radius 2 is 1.85 bits per heavy atom. The van der Waals surface area contributed by atoms with Crippen LogP contribution in [-0.4, -0.2) is 29.9 Å². The molecule has 0 saturated heterocycles. The maximum Gasteiger partial charge on any atom is 0.254 e. The quantitative estimate of drug-likeness (QED) is 0.845. The number of halogens is 3. The van der Waals surface area contributed by atoms with Gasteiger partial charge >= 0.3 is 0 Å². The number of hydrogen-bond donors (Lipinski definition) is 1. The first-order valence-electron chi connectivity index (χ1n) is 6.70. The van der Waals surface area contributed by atoms with Crippen molar-refractivity contribution in [2.75, 3.05) is 13.1 Å². The molecule has 1 amide bonds. The lowest BCUT2D eigenvalue weighted by Gasteiger charge is -2.37. The molecular formula is C14H17F3N2O. The smallest absolute Gasteiger partial charge is 0.254 e. The van der Waals surface area contributed by atoms with Crippen molar-refractivity contribution in [2.24, 2.45) is 5.73 Å². The zero-order valence-corrected chi connectivity index (χ0v) is 11.0. The molecule has 1 aliphatic carbocycles. The largest absolute Gasteiger partial charge is 0.336 e. The predicted octanol–water partition coefficient (Wildman–Crippen LogP) is 2.45. The first kappa shape index (κ1) is 14.8. The fraction of sp³-hybridized carbons (Fsp3) is 0.500. The van der Waals surface area contributed by atoms with Crippen molar-refractivity contribution < 1.29 is 18.0 Å². The van der Waals surface area contributed by atoms with Gasteiger partial charge < -0.3 is 10.6 Å². The Bertz CT molecular complexity index is 480. The van der Waals surface area contributed by atoms with E-state index in [1.54, 1.807) is 4.90 Å². The SMILES string of the molecule is NCCCN(C(=O)c1cc(F)c(F)c(F)c1)C1CCC1. The van der Waals surface area contributed by atoms with Crippen LogP contribution in [0.15, 0.2) is 12.1 Å². The monoisotopic (exact) mass is 286 g/mol. The second-order valence-electron chi connectivity index (χ2n) is 4.98. The standard InChI is InChI=1S/C14H17F3N2O/c15-11-7-9(8-12(16)13(11)17)14(20)19(6-2-5-18)10-3-1-4-10/h7-8,10H,1-6,18H2. The Labute approximate surface area is 115 Å². The zero-order chi connectivity index (χ0) is 14.7. The van der Waals surface area contributed by atoms with Crippen LogP contribution in [0.5, 0.6) is 0 Å². The molecule has 2 N–H and O–H groups in total. The zero-order valence-electron chi connectivity index (χ0n) is 11.0. The first-order chi connectivity index (χ1) is 9.54. The van der Waals surface area contributed by atoms with Gasteiger partial charge in [-0.1, -0.05) is 0 Å². The van der Waals surface area contributed by atoms with Crippen molar-refractivity contribution in [2.45, 2.75) is 31.7 Å². The van der Waals surface area contributed by atoms with Crippen molar-refractivity contribution in [1.29, 1.82) is 0 Å². The lowest BCUT2D eigenvalue weighted by Crippen LogP contribution is -2.45. The molecule has 20 heavy (non-hydrogen) atoms. The van der Waals surface area contributed by atoms with Crippen LogP contribution in [0, 0.1) is 17.5 Å². The van der Waals surface area contributed by atoms with E-state index in [-0.39, 0.29) is 11.6 Å². The summed E-state index contributed by atoms with van der Waals surface area (Å²) in [7, 11) is 0. The fourth-order valence-corrected chi connectivity index (χ4v) is 2.25. The molecule has 110 valence electrons. The summed E-state index contributed by atoms with van der Waals surface area (Å²) in [6.45, 7) is 0.878. The van der Waals surface area contributed by atoms with Gasteiger partial charge in [-0.15, -0.1) is 0 Å². The van der Waals surface area contributed by atoms with E-state index in [0.717, 1.165) is 31.4 Å². The molecule has 1 aromatic rings. The summed E-state index contributed by atoms with van der Waals surface area (Å²) >= 11 is 0. The Hall–Kier alpha value is -1.56. The van der Waals surface area contributed by atoms with E-state index in [1.807, 2.05) is 0 Å². The molecule has 0 radical (unpaired) electrons. The second-order valence-corrected chi connectivity index (χ2v) is 4.98. The summed E-state index contributed by atoms with van der Waals surface area (Å²) in [5, 5.41) is 0. The van der Waals surface area contributed by atoms with Gasteiger partial charge in [-0.25, -0.2) is 13.2 Å². The maximum atomic E-state index is 13.2. The fourth-order valence-electron chi connectivity index (χ4n) is 2.25. The van der Waals surface area contributed by atoms with Gasteiger partial charge in [0.25, 0.3) is 5.91 Å². The number of carbonyl (C=O) groups excluding carboxylic acids is 1. The molecule has 1 saturated carbocycles. The molecule has 0 bridgehead atoms. The van der Waals surface area contributed by atoms with E-state index in [0.29, 0.717) is 19.5 Å². The number of nitrogens with two attached hydrogens (primary N) is 1. The van der Waals surface area contributed by atoms with Gasteiger partial charge in [0, 0.05) is 18.2 Å². The molecule has 0 spiro atoms. The van der Waals surface area contributed by atoms with Crippen LogP contribution in [0.4, 0.5) is 13.2 Å². The topological polar surface area (TPSA) is 46.3 Å². The van der Waals surface area contributed by atoms with Crippen molar-refractivity contribution >= 4 is 5.91 Å². The third-order valence-corrected chi connectivity index (χ3v) is 3.61. The molecular weight excluding hydrogens is 269 g/mol. The van der Waals surface area contributed by atoms with E-state index in [1.165, 1.54) is 0 Å². The minimum absolute atomic E-state index is 0.0882. The van der Waals surface area contributed by atoms with Crippen molar-refractivity contribution in [3.8, 4) is 0 Å². The summed E-state index contributed by atoms with van der Waals surface area (Å²) in [6, 6.07) is 1.58. The first-order valence-corrected chi connectivity index (χ1v) is 6.70. The summed E-state index contributed by atoms with van der Waals surface area (Å²) in [5.74, 6) is -4.72. The van der Waals surface area contributed by atoms with E-state index in [2.05, 4.69) is 0 Å². The molecule has 3 nitrogen and oxygen atoms in total. The van der Waals surface area contributed by atoms with Crippen LogP contribution < -0.4 is 5.73 Å². The summed E-state index contributed by atoms with van der Waals surface area (Å²) in [6.07, 6.45) is 3.41. The lowest BCUT2D eigenvalue weighted by atomic mass is 9.90. The molecule has 0 atom stereocenters. The number of rotatable bonds is 5. The Kier molecular flexibility index (Phi) is 4.65. The average molecular weight is 286 g/mol. The highest BCUT2D eigenvalue weighted by Gasteiger charge is 2.29. The number of carbonyl (C=O) groups is 1. The summed E-state index contributed by atoms with van der Waals surface area (Å²) in [4.78, 5) is 13.9.